The summed E-state index contributed by atoms with van der Waals surface area (Å²) in [4.78, 5) is 6.57. The van der Waals surface area contributed by atoms with Gasteiger partial charge in [-0.2, -0.15) is 0 Å². The lowest BCUT2D eigenvalue weighted by Crippen LogP contribution is -2.32. The summed E-state index contributed by atoms with van der Waals surface area (Å²) in [5.74, 6) is 0.797. The lowest BCUT2D eigenvalue weighted by molar-refractivity contribution is 0.220. The SMILES string of the molecule is COc1cccc(-n2cccc2[C@H]2[C@@H](c3ccccn3)NC(=S)N2CCO)c1. The highest BCUT2D eigenvalue weighted by Crippen LogP contribution is 2.39. The molecule has 4 rings (SSSR count). The maximum Gasteiger partial charge on any atom is 0.170 e. The number of aliphatic hydroxyl groups is 1. The molecule has 1 fully saturated rings. The van der Waals surface area contributed by atoms with Crippen molar-refractivity contribution in [2.75, 3.05) is 20.3 Å². The average Bonchev–Trinajstić information content (AvgIpc) is 3.34. The van der Waals surface area contributed by atoms with Crippen molar-refractivity contribution in [2.24, 2.45) is 0 Å². The smallest absolute Gasteiger partial charge is 0.170 e. The molecule has 1 aromatic carbocycles. The molecule has 0 unspecified atom stereocenters. The highest BCUT2D eigenvalue weighted by molar-refractivity contribution is 7.80. The van der Waals surface area contributed by atoms with Gasteiger partial charge in [0.15, 0.2) is 5.11 Å². The van der Waals surface area contributed by atoms with Crippen LogP contribution >= 0.6 is 12.2 Å². The number of aliphatic hydroxyl groups excluding tert-OH is 1. The molecule has 28 heavy (non-hydrogen) atoms. The molecule has 2 aromatic heterocycles. The Morgan fingerprint density at radius 3 is 2.82 bits per heavy atom. The van der Waals surface area contributed by atoms with Crippen LogP contribution in [0.5, 0.6) is 5.75 Å². The third kappa shape index (κ3) is 3.34. The Labute approximate surface area is 169 Å². The first-order chi connectivity index (χ1) is 13.7. The number of rotatable bonds is 6. The fourth-order valence-electron chi connectivity index (χ4n) is 3.71. The molecule has 6 nitrogen and oxygen atoms in total. The maximum atomic E-state index is 9.60. The van der Waals surface area contributed by atoms with Gasteiger partial charge < -0.3 is 24.6 Å². The number of hydrogen-bond acceptors (Lipinski definition) is 4. The maximum absolute atomic E-state index is 9.60. The first kappa shape index (κ1) is 18.5. The number of aromatic nitrogens is 2. The zero-order valence-corrected chi connectivity index (χ0v) is 16.3. The molecular weight excluding hydrogens is 372 g/mol. The summed E-state index contributed by atoms with van der Waals surface area (Å²) < 4.78 is 7.51. The van der Waals surface area contributed by atoms with Gasteiger partial charge in [-0.25, -0.2) is 0 Å². The summed E-state index contributed by atoms with van der Waals surface area (Å²) in [5, 5.41) is 13.6. The third-order valence-corrected chi connectivity index (χ3v) is 5.31. The minimum atomic E-state index is -0.112. The largest absolute Gasteiger partial charge is 0.497 e. The Morgan fingerprint density at radius 1 is 1.18 bits per heavy atom. The van der Waals surface area contributed by atoms with E-state index in [9.17, 15) is 5.11 Å². The number of nitrogens with one attached hydrogen (secondary N) is 1. The molecule has 0 radical (unpaired) electrons. The van der Waals surface area contributed by atoms with Crippen LogP contribution in [0.4, 0.5) is 0 Å². The fraction of sp³-hybridized carbons (Fsp3) is 0.238. The Hall–Kier alpha value is -2.90. The molecule has 3 heterocycles. The van der Waals surface area contributed by atoms with Crippen molar-refractivity contribution < 1.29 is 9.84 Å². The molecule has 7 heteroatoms. The van der Waals surface area contributed by atoms with E-state index in [1.165, 1.54) is 0 Å². The number of β-amino-alcohol motifs (C(OH)–C–C–N with tert-alkyl or cyclic N) is 1. The zero-order chi connectivity index (χ0) is 19.5. The predicted molar refractivity (Wildman–Crippen MR) is 112 cm³/mol. The van der Waals surface area contributed by atoms with Gasteiger partial charge in [0.05, 0.1) is 31.5 Å². The van der Waals surface area contributed by atoms with E-state index in [0.29, 0.717) is 11.7 Å². The van der Waals surface area contributed by atoms with Gasteiger partial charge in [0, 0.05) is 36.4 Å². The number of hydrogen-bond donors (Lipinski definition) is 2. The summed E-state index contributed by atoms with van der Waals surface area (Å²) in [6, 6.07) is 17.7. The molecule has 0 amide bonds. The zero-order valence-electron chi connectivity index (χ0n) is 15.5. The minimum Gasteiger partial charge on any atom is -0.497 e. The first-order valence-electron chi connectivity index (χ1n) is 9.13. The van der Waals surface area contributed by atoms with Gasteiger partial charge in [-0.15, -0.1) is 0 Å². The van der Waals surface area contributed by atoms with Crippen molar-refractivity contribution in [3.63, 3.8) is 0 Å². The second kappa shape index (κ2) is 8.00. The second-order valence-electron chi connectivity index (χ2n) is 6.55. The standard InChI is InChI=1S/C21H22N4O2S/c1-27-16-7-4-6-15(14-16)24-11-5-9-18(24)20-19(17-8-2-3-10-22-17)23-21(28)25(20)12-13-26/h2-11,14,19-20,26H,12-13H2,1H3,(H,23,28)/t19-,20+/m1/s1. The lowest BCUT2D eigenvalue weighted by Gasteiger charge is -2.28. The second-order valence-corrected chi connectivity index (χ2v) is 6.93. The number of methoxy groups -OCH3 is 1. The molecule has 0 bridgehead atoms. The van der Waals surface area contributed by atoms with Crippen LogP contribution in [0.15, 0.2) is 67.0 Å². The highest BCUT2D eigenvalue weighted by Gasteiger charge is 2.40. The van der Waals surface area contributed by atoms with Crippen molar-refractivity contribution in [1.29, 1.82) is 0 Å². The summed E-state index contributed by atoms with van der Waals surface area (Å²) in [6.45, 7) is 0.469. The summed E-state index contributed by atoms with van der Waals surface area (Å²) >= 11 is 5.58. The lowest BCUT2D eigenvalue weighted by atomic mass is 10.0. The van der Waals surface area contributed by atoms with Gasteiger partial charge in [0.1, 0.15) is 5.75 Å². The molecule has 2 N–H and O–H groups in total. The normalized spacial score (nSPS) is 18.9. The number of benzene rings is 1. The number of pyridine rings is 1. The molecule has 1 saturated heterocycles. The van der Waals surface area contributed by atoms with Crippen LogP contribution < -0.4 is 10.1 Å². The van der Waals surface area contributed by atoms with Crippen molar-refractivity contribution in [3.8, 4) is 11.4 Å². The Bertz CT molecular complexity index is 960. The van der Waals surface area contributed by atoms with E-state index >= 15 is 0 Å². The van der Waals surface area contributed by atoms with Gasteiger partial charge in [-0.3, -0.25) is 4.98 Å². The van der Waals surface area contributed by atoms with Crippen LogP contribution in [0.1, 0.15) is 23.5 Å². The summed E-state index contributed by atoms with van der Waals surface area (Å²) in [5.41, 5.74) is 2.97. The Morgan fingerprint density at radius 2 is 2.07 bits per heavy atom. The van der Waals surface area contributed by atoms with E-state index in [2.05, 4.69) is 20.9 Å². The van der Waals surface area contributed by atoms with Gasteiger partial charge in [-0.1, -0.05) is 12.1 Å². The minimum absolute atomic E-state index is 0.0210. The molecule has 144 valence electrons. The molecule has 0 aliphatic carbocycles. The van der Waals surface area contributed by atoms with E-state index in [-0.39, 0.29) is 18.7 Å². The van der Waals surface area contributed by atoms with E-state index in [4.69, 9.17) is 17.0 Å². The molecule has 0 saturated carbocycles. The fourth-order valence-corrected chi connectivity index (χ4v) is 4.04. The van der Waals surface area contributed by atoms with Crippen LogP contribution in [0.25, 0.3) is 5.69 Å². The summed E-state index contributed by atoms with van der Waals surface area (Å²) in [7, 11) is 1.66. The number of ether oxygens (including phenoxy) is 1. The summed E-state index contributed by atoms with van der Waals surface area (Å²) in [6.07, 6.45) is 3.81. The molecule has 0 spiro atoms. The molecule has 1 aliphatic heterocycles. The van der Waals surface area contributed by atoms with E-state index < -0.39 is 0 Å². The van der Waals surface area contributed by atoms with Crippen molar-refractivity contribution >= 4 is 17.3 Å². The molecular formula is C21H22N4O2S. The number of thiocarbonyl (C=S) groups is 1. The van der Waals surface area contributed by atoms with Gasteiger partial charge in [0.2, 0.25) is 0 Å². The van der Waals surface area contributed by atoms with Crippen LogP contribution in [-0.4, -0.2) is 44.9 Å². The number of nitrogens with zero attached hydrogens (tertiary/aromatic N) is 3. The van der Waals surface area contributed by atoms with E-state index in [1.807, 2.05) is 59.6 Å². The molecule has 2 atom stereocenters. The van der Waals surface area contributed by atoms with Crippen LogP contribution in [0.2, 0.25) is 0 Å². The molecule has 3 aromatic rings. The average molecular weight is 395 g/mol. The van der Waals surface area contributed by atoms with Crippen molar-refractivity contribution in [3.05, 3.63) is 78.4 Å². The Kier molecular flexibility index (Phi) is 5.27. The quantitative estimate of drug-likeness (QED) is 0.627. The van der Waals surface area contributed by atoms with E-state index in [1.54, 1.807) is 13.3 Å². The van der Waals surface area contributed by atoms with Gasteiger partial charge in [-0.05, 0) is 48.6 Å². The van der Waals surface area contributed by atoms with Crippen molar-refractivity contribution in [2.45, 2.75) is 12.1 Å². The monoisotopic (exact) mass is 394 g/mol. The van der Waals surface area contributed by atoms with Crippen LogP contribution in [0, 0.1) is 0 Å². The third-order valence-electron chi connectivity index (χ3n) is 4.95. The molecule has 1 aliphatic rings. The van der Waals surface area contributed by atoms with Crippen LogP contribution in [-0.2, 0) is 0 Å². The van der Waals surface area contributed by atoms with Crippen molar-refractivity contribution in [1.82, 2.24) is 19.8 Å². The first-order valence-corrected chi connectivity index (χ1v) is 9.54. The van der Waals surface area contributed by atoms with E-state index in [0.717, 1.165) is 22.8 Å². The Balaban J connectivity index is 1.80. The topological polar surface area (TPSA) is 62.5 Å². The van der Waals surface area contributed by atoms with Gasteiger partial charge >= 0.3 is 0 Å². The van der Waals surface area contributed by atoms with Gasteiger partial charge in [0.25, 0.3) is 0 Å². The predicted octanol–water partition coefficient (Wildman–Crippen LogP) is 2.85. The highest BCUT2D eigenvalue weighted by atomic mass is 32.1. The van der Waals surface area contributed by atoms with Crippen LogP contribution in [0.3, 0.4) is 0 Å².